The van der Waals surface area contributed by atoms with Gasteiger partial charge in [-0.3, -0.25) is 0 Å². The van der Waals surface area contributed by atoms with E-state index in [1.807, 2.05) is 18.4 Å². The van der Waals surface area contributed by atoms with Crippen LogP contribution in [0.5, 0.6) is 0 Å². The van der Waals surface area contributed by atoms with Crippen LogP contribution in [0.25, 0.3) is 0 Å². The maximum absolute atomic E-state index is 4.04. The molecule has 0 radical (unpaired) electrons. The third-order valence-electron chi connectivity index (χ3n) is 0.589. The molecule has 0 amide bonds. The summed E-state index contributed by atoms with van der Waals surface area (Å²) in [4.78, 5) is 0. The molecule has 0 unspecified atom stereocenters. The van der Waals surface area contributed by atoms with Crippen molar-refractivity contribution in [3.05, 3.63) is 11.5 Å². The predicted octanol–water partition coefficient (Wildman–Crippen LogP) is 2.27. The van der Waals surface area contributed by atoms with Crippen LogP contribution >= 0.6 is 21.8 Å². The van der Waals surface area contributed by atoms with E-state index in [0.717, 1.165) is 5.71 Å². The van der Waals surface area contributed by atoms with Gasteiger partial charge in [0, 0.05) is 16.7 Å². The number of hydrogen-bond acceptors (Lipinski definition) is 3. The van der Waals surface area contributed by atoms with Gasteiger partial charge in [-0.2, -0.15) is 0 Å². The molecule has 3 heteroatoms. The van der Waals surface area contributed by atoms with Gasteiger partial charge in [0.25, 0.3) is 0 Å². The topological polar surface area (TPSA) is 12.4 Å². The Balaban J connectivity index is 2.58. The summed E-state index contributed by atoms with van der Waals surface area (Å²) in [6.45, 7) is 1.99. The van der Waals surface area contributed by atoms with Crippen molar-refractivity contribution in [3.63, 3.8) is 0 Å². The van der Waals surface area contributed by atoms with Crippen molar-refractivity contribution >= 4 is 27.5 Å². The molecule has 0 atom stereocenters. The number of allylic oxidation sites excluding steroid dienone is 1. The Morgan fingerprint density at radius 1 is 1.71 bits per heavy atom. The van der Waals surface area contributed by atoms with E-state index in [0.29, 0.717) is 0 Å². The van der Waals surface area contributed by atoms with Gasteiger partial charge in [0.15, 0.2) is 0 Å². The van der Waals surface area contributed by atoms with Crippen LogP contribution in [0.4, 0.5) is 0 Å². The smallest absolute Gasteiger partial charge is 0.0483 e. The molecular weight excluding hydrogens is 126 g/mol. The van der Waals surface area contributed by atoms with Crippen molar-refractivity contribution < 1.29 is 0 Å². The minimum atomic E-state index is 1.10. The molecular formula is C4H5NS2. The van der Waals surface area contributed by atoms with Crippen molar-refractivity contribution in [2.45, 2.75) is 6.92 Å². The normalized spacial score (nSPS) is 19.3. The summed E-state index contributed by atoms with van der Waals surface area (Å²) in [5, 5.41) is 2.03. The Labute approximate surface area is 50.8 Å². The van der Waals surface area contributed by atoms with E-state index in [-0.39, 0.29) is 0 Å². The monoisotopic (exact) mass is 131 g/mol. The molecule has 0 aliphatic carbocycles. The first-order valence-corrected chi connectivity index (χ1v) is 4.10. The summed E-state index contributed by atoms with van der Waals surface area (Å²) in [6, 6.07) is 0. The first kappa shape index (κ1) is 5.25. The fraction of sp³-hybridized carbons (Fsp3) is 0.250. The minimum absolute atomic E-state index is 1.10. The first-order valence-electron chi connectivity index (χ1n) is 1.93. The molecule has 0 aromatic rings. The average Bonchev–Trinajstić information content (AvgIpc) is 1.69. The van der Waals surface area contributed by atoms with Gasteiger partial charge in [0.1, 0.15) is 0 Å². The van der Waals surface area contributed by atoms with E-state index < -0.39 is 0 Å². The predicted molar refractivity (Wildman–Crippen MR) is 37.4 cm³/mol. The van der Waals surface area contributed by atoms with Gasteiger partial charge >= 0.3 is 0 Å². The summed E-state index contributed by atoms with van der Waals surface area (Å²) >= 11 is 0. The van der Waals surface area contributed by atoms with Crippen LogP contribution in [0.1, 0.15) is 6.92 Å². The van der Waals surface area contributed by atoms with Gasteiger partial charge in [-0.25, -0.2) is 4.40 Å². The second kappa shape index (κ2) is 2.43. The molecule has 38 valence electrons. The largest absolute Gasteiger partial charge is 0.210 e. The summed E-state index contributed by atoms with van der Waals surface area (Å²) in [5.74, 6) is 0. The van der Waals surface area contributed by atoms with Crippen LogP contribution in [0.2, 0.25) is 0 Å². The number of rotatable bonds is 0. The molecule has 0 spiro atoms. The minimum Gasteiger partial charge on any atom is -0.210 e. The van der Waals surface area contributed by atoms with Crippen molar-refractivity contribution in [1.29, 1.82) is 0 Å². The lowest BCUT2D eigenvalue weighted by Gasteiger charge is -1.94. The zero-order valence-corrected chi connectivity index (χ0v) is 5.55. The number of hydrogen-bond donors (Lipinski definition) is 0. The van der Waals surface area contributed by atoms with Crippen LogP contribution in [0, 0.1) is 0 Å². The van der Waals surface area contributed by atoms with Crippen LogP contribution < -0.4 is 0 Å². The average molecular weight is 131 g/mol. The highest BCUT2D eigenvalue weighted by Crippen LogP contribution is 2.26. The Hall–Kier alpha value is 0.110. The standard InChI is InChI=1S/C4H5NS2/c1-4-2-3-6-7-5-4/h2-3H,1H3. The van der Waals surface area contributed by atoms with Gasteiger partial charge in [-0.05, 0) is 29.2 Å². The highest BCUT2D eigenvalue weighted by Gasteiger charge is 1.89. The summed E-state index contributed by atoms with van der Waals surface area (Å²) in [5.41, 5.74) is 1.10. The van der Waals surface area contributed by atoms with Gasteiger partial charge in [0.2, 0.25) is 0 Å². The molecule has 0 fully saturated rings. The Kier molecular flexibility index (Phi) is 1.82. The van der Waals surface area contributed by atoms with Gasteiger partial charge in [0.05, 0.1) is 0 Å². The van der Waals surface area contributed by atoms with Crippen molar-refractivity contribution in [2.75, 3.05) is 0 Å². The van der Waals surface area contributed by atoms with E-state index in [1.54, 1.807) is 10.8 Å². The Bertz CT molecular complexity index is 117. The maximum atomic E-state index is 4.04. The lowest BCUT2D eigenvalue weighted by molar-refractivity contribution is 1.79. The molecule has 0 aromatic carbocycles. The summed E-state index contributed by atoms with van der Waals surface area (Å²) in [7, 11) is 3.17. The lowest BCUT2D eigenvalue weighted by Crippen LogP contribution is -1.81. The molecule has 7 heavy (non-hydrogen) atoms. The molecule has 1 aliphatic heterocycles. The van der Waals surface area contributed by atoms with Crippen LogP contribution in [-0.4, -0.2) is 5.71 Å². The molecule has 1 nitrogen and oxygen atoms in total. The molecule has 1 rings (SSSR count). The molecule has 1 heterocycles. The van der Waals surface area contributed by atoms with E-state index in [9.17, 15) is 0 Å². The van der Waals surface area contributed by atoms with E-state index >= 15 is 0 Å². The summed E-state index contributed by atoms with van der Waals surface area (Å²) in [6.07, 6.45) is 2.00. The fourth-order valence-corrected chi connectivity index (χ4v) is 1.58. The third-order valence-corrected chi connectivity index (χ3v) is 2.10. The van der Waals surface area contributed by atoms with Crippen LogP contribution in [-0.2, 0) is 0 Å². The van der Waals surface area contributed by atoms with Crippen molar-refractivity contribution in [1.82, 2.24) is 0 Å². The third kappa shape index (κ3) is 1.57. The zero-order valence-electron chi connectivity index (χ0n) is 3.92. The Morgan fingerprint density at radius 3 is 2.86 bits per heavy atom. The Morgan fingerprint density at radius 2 is 2.57 bits per heavy atom. The van der Waals surface area contributed by atoms with Gasteiger partial charge < -0.3 is 0 Å². The van der Waals surface area contributed by atoms with E-state index in [1.165, 1.54) is 11.0 Å². The molecule has 0 saturated heterocycles. The lowest BCUT2D eigenvalue weighted by atomic mass is 10.4. The van der Waals surface area contributed by atoms with Gasteiger partial charge in [-0.15, -0.1) is 0 Å². The number of nitrogens with zero attached hydrogens (tertiary/aromatic N) is 1. The second-order valence-electron chi connectivity index (χ2n) is 1.21. The fourth-order valence-electron chi connectivity index (χ4n) is 0.262. The quantitative estimate of drug-likeness (QED) is 0.369. The molecule has 0 bridgehead atoms. The summed E-state index contributed by atoms with van der Waals surface area (Å²) < 4.78 is 4.04. The molecule has 1 aliphatic rings. The van der Waals surface area contributed by atoms with Crippen LogP contribution in [0.15, 0.2) is 15.9 Å². The molecule has 0 saturated carbocycles. The second-order valence-corrected chi connectivity index (χ2v) is 3.03. The SMILES string of the molecule is CC1=NSSC=C1. The zero-order chi connectivity index (χ0) is 5.11. The van der Waals surface area contributed by atoms with Gasteiger partial charge in [-0.1, -0.05) is 0 Å². The van der Waals surface area contributed by atoms with Crippen molar-refractivity contribution in [3.8, 4) is 0 Å². The molecule has 0 N–H and O–H groups in total. The van der Waals surface area contributed by atoms with E-state index in [2.05, 4.69) is 4.40 Å². The highest BCUT2D eigenvalue weighted by atomic mass is 33.1. The van der Waals surface area contributed by atoms with E-state index in [4.69, 9.17) is 0 Å². The molecule has 0 aromatic heterocycles. The highest BCUT2D eigenvalue weighted by molar-refractivity contribution is 8.77. The van der Waals surface area contributed by atoms with Crippen LogP contribution in [0.3, 0.4) is 0 Å². The maximum Gasteiger partial charge on any atom is 0.0483 e. The van der Waals surface area contributed by atoms with Crippen molar-refractivity contribution in [2.24, 2.45) is 4.40 Å². The first-order chi connectivity index (χ1) is 3.39.